The second kappa shape index (κ2) is 6.02. The lowest BCUT2D eigenvalue weighted by molar-refractivity contribution is -0.139. The van der Waals surface area contributed by atoms with Crippen LogP contribution in [0.15, 0.2) is 29.2 Å². The molecule has 1 amide bonds. The Morgan fingerprint density at radius 3 is 3.05 bits per heavy atom. The molecule has 0 aromatic carbocycles. The van der Waals surface area contributed by atoms with Crippen LogP contribution in [0.5, 0.6) is 0 Å². The van der Waals surface area contributed by atoms with Crippen LogP contribution in [0.25, 0.3) is 0 Å². The number of carbonyl (C=O) groups is 1. The zero-order valence-electron chi connectivity index (χ0n) is 11.2. The van der Waals surface area contributed by atoms with Crippen LogP contribution < -0.4 is 10.9 Å². The van der Waals surface area contributed by atoms with Gasteiger partial charge < -0.3 is 14.6 Å². The quantitative estimate of drug-likeness (QED) is 0.805. The summed E-state index contributed by atoms with van der Waals surface area (Å²) in [4.78, 5) is 23.4. The molecule has 2 heterocycles. The van der Waals surface area contributed by atoms with Crippen molar-refractivity contribution >= 4 is 5.91 Å². The summed E-state index contributed by atoms with van der Waals surface area (Å²) in [6.07, 6.45) is 4.19. The van der Waals surface area contributed by atoms with Gasteiger partial charge in [0.05, 0.1) is 0 Å². The van der Waals surface area contributed by atoms with E-state index in [9.17, 15) is 9.59 Å². The van der Waals surface area contributed by atoms with Crippen molar-refractivity contribution in [2.45, 2.75) is 38.3 Å². The maximum Gasteiger partial charge on any atom is 0.251 e. The van der Waals surface area contributed by atoms with E-state index in [2.05, 4.69) is 5.32 Å². The van der Waals surface area contributed by atoms with Crippen molar-refractivity contribution in [2.24, 2.45) is 0 Å². The molecule has 1 N–H and O–H groups in total. The minimum atomic E-state index is -0.663. The van der Waals surface area contributed by atoms with Gasteiger partial charge in [-0.2, -0.15) is 0 Å². The second-order valence-electron chi connectivity index (χ2n) is 5.02. The Hall–Kier alpha value is -1.62. The van der Waals surface area contributed by atoms with Crippen molar-refractivity contribution in [3.05, 3.63) is 34.7 Å². The van der Waals surface area contributed by atoms with Gasteiger partial charge >= 0.3 is 0 Å². The number of ether oxygens (including phenoxy) is 1. The third kappa shape index (κ3) is 3.44. The highest BCUT2D eigenvalue weighted by Crippen LogP contribution is 2.24. The normalized spacial score (nSPS) is 22.4. The lowest BCUT2D eigenvalue weighted by atomic mass is 10.0. The van der Waals surface area contributed by atoms with Gasteiger partial charge in [0.1, 0.15) is 5.60 Å². The molecule has 5 nitrogen and oxygen atoms in total. The number of nitrogens with one attached hydrogen (secondary N) is 1. The fourth-order valence-corrected chi connectivity index (χ4v) is 2.24. The van der Waals surface area contributed by atoms with Crippen molar-refractivity contribution in [3.63, 3.8) is 0 Å². The van der Waals surface area contributed by atoms with Crippen LogP contribution in [-0.2, 0) is 16.1 Å². The molecule has 5 heteroatoms. The van der Waals surface area contributed by atoms with Gasteiger partial charge in [0, 0.05) is 32.0 Å². The highest BCUT2D eigenvalue weighted by Gasteiger charge is 2.37. The number of pyridine rings is 1. The molecule has 1 aliphatic heterocycles. The Morgan fingerprint density at radius 2 is 2.37 bits per heavy atom. The molecule has 1 fully saturated rings. The SMILES string of the molecule is C[C@]1(C(=O)NCCCn2ccccc2=O)CCCO1. The van der Waals surface area contributed by atoms with Gasteiger partial charge in [0.15, 0.2) is 0 Å². The molecule has 0 aliphatic carbocycles. The summed E-state index contributed by atoms with van der Waals surface area (Å²) in [5.41, 5.74) is -0.677. The van der Waals surface area contributed by atoms with E-state index in [0.29, 0.717) is 19.7 Å². The van der Waals surface area contributed by atoms with Gasteiger partial charge in [-0.3, -0.25) is 9.59 Å². The lowest BCUT2D eigenvalue weighted by Gasteiger charge is -2.21. The van der Waals surface area contributed by atoms with Crippen molar-refractivity contribution in [3.8, 4) is 0 Å². The van der Waals surface area contributed by atoms with Gasteiger partial charge in [-0.05, 0) is 32.3 Å². The molecular weight excluding hydrogens is 244 g/mol. The third-order valence-electron chi connectivity index (χ3n) is 3.46. The van der Waals surface area contributed by atoms with Crippen molar-refractivity contribution < 1.29 is 9.53 Å². The largest absolute Gasteiger partial charge is 0.365 e. The van der Waals surface area contributed by atoms with E-state index in [0.717, 1.165) is 19.3 Å². The first kappa shape index (κ1) is 13.8. The topological polar surface area (TPSA) is 60.3 Å². The standard InChI is InChI=1S/C14H20N2O3/c1-14(7-4-11-19-14)13(18)15-8-5-10-16-9-3-2-6-12(16)17/h2-3,6,9H,4-5,7-8,10-11H2,1H3,(H,15,18)/t14-/m1/s1. The van der Waals surface area contributed by atoms with Crippen molar-refractivity contribution in [1.29, 1.82) is 0 Å². The first-order chi connectivity index (χ1) is 9.12. The maximum atomic E-state index is 11.9. The van der Waals surface area contributed by atoms with E-state index in [1.807, 2.05) is 13.0 Å². The van der Waals surface area contributed by atoms with Crippen LogP contribution in [0.4, 0.5) is 0 Å². The summed E-state index contributed by atoms with van der Waals surface area (Å²) in [6, 6.07) is 5.08. The molecule has 1 atom stereocenters. The van der Waals surface area contributed by atoms with Crippen LogP contribution in [0.1, 0.15) is 26.2 Å². The first-order valence-electron chi connectivity index (χ1n) is 6.69. The van der Waals surface area contributed by atoms with Gasteiger partial charge in [0.2, 0.25) is 5.56 Å². The molecule has 1 aromatic rings. The number of hydrogen-bond donors (Lipinski definition) is 1. The molecule has 0 radical (unpaired) electrons. The predicted octanol–water partition coefficient (Wildman–Crippen LogP) is 0.924. The van der Waals surface area contributed by atoms with E-state index < -0.39 is 5.60 Å². The van der Waals surface area contributed by atoms with Gasteiger partial charge in [-0.15, -0.1) is 0 Å². The number of amides is 1. The molecule has 1 saturated heterocycles. The summed E-state index contributed by atoms with van der Waals surface area (Å²) in [5, 5.41) is 2.88. The van der Waals surface area contributed by atoms with Gasteiger partial charge in [-0.25, -0.2) is 0 Å². The van der Waals surface area contributed by atoms with Crippen LogP contribution in [-0.4, -0.2) is 29.2 Å². The van der Waals surface area contributed by atoms with Crippen LogP contribution in [0, 0.1) is 0 Å². The summed E-state index contributed by atoms with van der Waals surface area (Å²) in [6.45, 7) is 3.65. The first-order valence-corrected chi connectivity index (χ1v) is 6.69. The van der Waals surface area contributed by atoms with E-state index in [-0.39, 0.29) is 11.5 Å². The third-order valence-corrected chi connectivity index (χ3v) is 3.46. The minimum absolute atomic E-state index is 0.0140. The number of carbonyl (C=O) groups excluding carboxylic acids is 1. The number of hydrogen-bond acceptors (Lipinski definition) is 3. The Morgan fingerprint density at radius 1 is 1.53 bits per heavy atom. The zero-order valence-corrected chi connectivity index (χ0v) is 11.2. The van der Waals surface area contributed by atoms with Crippen LogP contribution >= 0.6 is 0 Å². The Kier molecular flexibility index (Phi) is 4.37. The van der Waals surface area contributed by atoms with E-state index in [1.165, 1.54) is 6.07 Å². The highest BCUT2D eigenvalue weighted by atomic mass is 16.5. The number of rotatable bonds is 5. The van der Waals surface area contributed by atoms with Crippen molar-refractivity contribution in [1.82, 2.24) is 9.88 Å². The highest BCUT2D eigenvalue weighted by molar-refractivity contribution is 5.84. The van der Waals surface area contributed by atoms with E-state index in [4.69, 9.17) is 4.74 Å². The molecular formula is C14H20N2O3. The van der Waals surface area contributed by atoms with Gasteiger partial charge in [-0.1, -0.05) is 6.07 Å². The second-order valence-corrected chi connectivity index (χ2v) is 5.02. The smallest absolute Gasteiger partial charge is 0.251 e. The van der Waals surface area contributed by atoms with E-state index in [1.54, 1.807) is 16.8 Å². The maximum absolute atomic E-state index is 11.9. The summed E-state index contributed by atoms with van der Waals surface area (Å²) in [7, 11) is 0. The molecule has 19 heavy (non-hydrogen) atoms. The molecule has 0 saturated carbocycles. The predicted molar refractivity (Wildman–Crippen MR) is 71.9 cm³/mol. The Bertz CT molecular complexity index is 489. The average Bonchev–Trinajstić information content (AvgIpc) is 2.84. The fraction of sp³-hybridized carbons (Fsp3) is 0.571. The van der Waals surface area contributed by atoms with Crippen LogP contribution in [0.3, 0.4) is 0 Å². The lowest BCUT2D eigenvalue weighted by Crippen LogP contribution is -2.44. The average molecular weight is 264 g/mol. The molecule has 104 valence electrons. The molecule has 2 rings (SSSR count). The monoisotopic (exact) mass is 264 g/mol. The molecule has 1 aromatic heterocycles. The summed E-state index contributed by atoms with van der Waals surface area (Å²) >= 11 is 0. The number of nitrogens with zero attached hydrogens (tertiary/aromatic N) is 1. The number of aromatic nitrogens is 1. The van der Waals surface area contributed by atoms with Gasteiger partial charge in [0.25, 0.3) is 5.91 Å². The minimum Gasteiger partial charge on any atom is -0.365 e. The zero-order chi connectivity index (χ0) is 13.7. The Balaban J connectivity index is 1.74. The van der Waals surface area contributed by atoms with Crippen LogP contribution in [0.2, 0.25) is 0 Å². The molecule has 0 unspecified atom stereocenters. The molecule has 0 bridgehead atoms. The van der Waals surface area contributed by atoms with E-state index >= 15 is 0 Å². The fourth-order valence-electron chi connectivity index (χ4n) is 2.24. The number of aryl methyl sites for hydroxylation is 1. The Labute approximate surface area is 112 Å². The molecule has 1 aliphatic rings. The van der Waals surface area contributed by atoms with Crippen molar-refractivity contribution in [2.75, 3.05) is 13.2 Å². The summed E-state index contributed by atoms with van der Waals surface area (Å²) in [5.74, 6) is -0.0505. The molecule has 0 spiro atoms. The summed E-state index contributed by atoms with van der Waals surface area (Å²) < 4.78 is 7.11.